The van der Waals surface area contributed by atoms with Gasteiger partial charge in [-0.25, -0.2) is 9.37 Å². The van der Waals surface area contributed by atoms with Gasteiger partial charge < -0.3 is 18.8 Å². The number of nitrogens with zero attached hydrogens (tertiary/aromatic N) is 2. The van der Waals surface area contributed by atoms with Crippen LogP contribution in [0.4, 0.5) is 8.78 Å². The minimum atomic E-state index is -1.10. The second kappa shape index (κ2) is 8.72. The number of hydrogen-bond donors (Lipinski definition) is 0. The molecule has 0 spiro atoms. The summed E-state index contributed by atoms with van der Waals surface area (Å²) in [5.74, 6) is -1.96. The molecule has 0 N–H and O–H groups in total. The maximum Gasteiger partial charge on any atom is 0.276 e. The molecule has 0 aliphatic carbocycles. The first-order valence-corrected chi connectivity index (χ1v) is 8.83. The lowest BCUT2D eigenvalue weighted by Crippen LogP contribution is -2.30. The van der Waals surface area contributed by atoms with E-state index in [0.717, 1.165) is 11.6 Å². The molecule has 8 heteroatoms. The van der Waals surface area contributed by atoms with E-state index in [4.69, 9.17) is 13.9 Å². The Labute approximate surface area is 166 Å². The lowest BCUT2D eigenvalue weighted by Gasteiger charge is -2.24. The van der Waals surface area contributed by atoms with Crippen molar-refractivity contribution in [2.24, 2.45) is 0 Å². The number of methoxy groups -OCH3 is 1. The lowest BCUT2D eigenvalue weighted by atomic mass is 10.1. The summed E-state index contributed by atoms with van der Waals surface area (Å²) < 4.78 is 42.5. The summed E-state index contributed by atoms with van der Waals surface area (Å²) in [4.78, 5) is 18.3. The molecule has 0 saturated heterocycles. The van der Waals surface area contributed by atoms with E-state index >= 15 is 0 Å². The predicted molar refractivity (Wildman–Crippen MR) is 101 cm³/mol. The summed E-state index contributed by atoms with van der Waals surface area (Å²) in [6.07, 6.45) is 1.21. The monoisotopic (exact) mass is 402 g/mol. The van der Waals surface area contributed by atoms with Crippen molar-refractivity contribution in [2.45, 2.75) is 19.6 Å². The summed E-state index contributed by atoms with van der Waals surface area (Å²) in [7, 11) is 3.23. The number of benzene rings is 2. The molecule has 152 valence electrons. The van der Waals surface area contributed by atoms with Crippen LogP contribution in [0.3, 0.4) is 0 Å². The number of oxazole rings is 1. The zero-order valence-corrected chi connectivity index (χ0v) is 16.2. The maximum absolute atomic E-state index is 13.6. The van der Waals surface area contributed by atoms with Crippen molar-refractivity contribution in [3.05, 3.63) is 77.5 Å². The molecule has 1 amide bonds. The van der Waals surface area contributed by atoms with Gasteiger partial charge in [0.1, 0.15) is 12.0 Å². The van der Waals surface area contributed by atoms with Gasteiger partial charge in [0.05, 0.1) is 13.2 Å². The molecule has 6 nitrogen and oxygen atoms in total. The van der Waals surface area contributed by atoms with E-state index in [9.17, 15) is 13.6 Å². The molecule has 1 heterocycles. The van der Waals surface area contributed by atoms with Gasteiger partial charge in [0, 0.05) is 7.05 Å². The highest BCUT2D eigenvalue weighted by atomic mass is 19.2. The summed E-state index contributed by atoms with van der Waals surface area (Å²) >= 11 is 0. The van der Waals surface area contributed by atoms with Crippen LogP contribution in [0.1, 0.15) is 34.9 Å². The van der Waals surface area contributed by atoms with Crippen LogP contribution < -0.4 is 9.47 Å². The molecule has 2 aromatic carbocycles. The van der Waals surface area contributed by atoms with Gasteiger partial charge in [0.2, 0.25) is 11.7 Å². The standard InChI is InChI=1S/C21H20F2N2O4/c1-13(14-6-4-7-15(10-14)27-3)25(2)21(26)17-11-29-19(24-17)12-28-18-9-5-8-16(22)20(18)23/h4-11,13H,12H2,1-3H3/t13-/m0/s1. The third kappa shape index (κ3) is 4.53. The Morgan fingerprint density at radius 3 is 2.76 bits per heavy atom. The van der Waals surface area contributed by atoms with Gasteiger partial charge >= 0.3 is 0 Å². The van der Waals surface area contributed by atoms with Gasteiger partial charge in [0.15, 0.2) is 23.9 Å². The fourth-order valence-corrected chi connectivity index (χ4v) is 2.69. The predicted octanol–water partition coefficient (Wildman–Crippen LogP) is 4.37. The molecule has 3 aromatic rings. The third-order valence-electron chi connectivity index (χ3n) is 4.52. The van der Waals surface area contributed by atoms with Crippen LogP contribution in [-0.4, -0.2) is 29.9 Å². The zero-order valence-electron chi connectivity index (χ0n) is 16.2. The van der Waals surface area contributed by atoms with E-state index in [1.807, 2.05) is 31.2 Å². The van der Waals surface area contributed by atoms with Crippen LogP contribution in [0.15, 0.2) is 53.1 Å². The molecule has 0 aliphatic rings. The average Bonchev–Trinajstić information content (AvgIpc) is 3.22. The molecular formula is C21H20F2N2O4. The maximum atomic E-state index is 13.6. The van der Waals surface area contributed by atoms with Crippen molar-refractivity contribution >= 4 is 5.91 Å². The first kappa shape index (κ1) is 20.3. The Bertz CT molecular complexity index is 1010. The molecule has 0 bridgehead atoms. The molecule has 3 rings (SSSR count). The average molecular weight is 402 g/mol. The van der Waals surface area contributed by atoms with Crippen molar-refractivity contribution in [3.8, 4) is 11.5 Å². The molecule has 29 heavy (non-hydrogen) atoms. The molecule has 1 atom stereocenters. The molecule has 0 saturated carbocycles. The van der Waals surface area contributed by atoms with E-state index in [2.05, 4.69) is 4.98 Å². The van der Waals surface area contributed by atoms with E-state index < -0.39 is 11.6 Å². The molecule has 0 fully saturated rings. The van der Waals surface area contributed by atoms with Gasteiger partial charge in [-0.3, -0.25) is 4.79 Å². The minimum Gasteiger partial charge on any atom is -0.497 e. The van der Waals surface area contributed by atoms with Crippen LogP contribution in [0.2, 0.25) is 0 Å². The number of ether oxygens (including phenoxy) is 2. The minimum absolute atomic E-state index is 0.0689. The second-order valence-corrected chi connectivity index (χ2v) is 6.34. The highest BCUT2D eigenvalue weighted by molar-refractivity contribution is 5.92. The first-order chi connectivity index (χ1) is 13.9. The molecule has 1 aromatic heterocycles. The number of carbonyl (C=O) groups excluding carboxylic acids is 1. The summed E-state index contributed by atoms with van der Waals surface area (Å²) in [6.45, 7) is 1.63. The SMILES string of the molecule is COc1cccc([C@H](C)N(C)C(=O)c2coc(COc3cccc(F)c3F)n2)c1. The number of amides is 1. The quantitative estimate of drug-likeness (QED) is 0.587. The largest absolute Gasteiger partial charge is 0.497 e. The molecule has 0 aliphatic heterocycles. The van der Waals surface area contributed by atoms with Crippen LogP contribution in [0, 0.1) is 11.6 Å². The molecule has 0 unspecified atom stereocenters. The van der Waals surface area contributed by atoms with Crippen molar-refractivity contribution in [2.75, 3.05) is 14.2 Å². The summed E-state index contributed by atoms with van der Waals surface area (Å²) in [6, 6.07) is 10.8. The third-order valence-corrected chi connectivity index (χ3v) is 4.52. The number of rotatable bonds is 7. The van der Waals surface area contributed by atoms with Crippen molar-refractivity contribution in [1.29, 1.82) is 0 Å². The van der Waals surface area contributed by atoms with Crippen LogP contribution in [0.25, 0.3) is 0 Å². The Hall–Kier alpha value is -3.42. The highest BCUT2D eigenvalue weighted by Gasteiger charge is 2.22. The Morgan fingerprint density at radius 1 is 1.24 bits per heavy atom. The van der Waals surface area contributed by atoms with Crippen molar-refractivity contribution in [3.63, 3.8) is 0 Å². The van der Waals surface area contributed by atoms with Crippen molar-refractivity contribution < 1.29 is 27.5 Å². The Morgan fingerprint density at radius 2 is 2.00 bits per heavy atom. The van der Waals surface area contributed by atoms with Crippen LogP contribution in [0.5, 0.6) is 11.5 Å². The molecule has 0 radical (unpaired) electrons. The van der Waals surface area contributed by atoms with E-state index in [1.54, 1.807) is 14.2 Å². The lowest BCUT2D eigenvalue weighted by molar-refractivity contribution is 0.0736. The normalized spacial score (nSPS) is 11.8. The van der Waals surface area contributed by atoms with E-state index in [-0.39, 0.29) is 35.9 Å². The zero-order chi connectivity index (χ0) is 21.0. The number of hydrogen-bond acceptors (Lipinski definition) is 5. The number of halogens is 2. The summed E-state index contributed by atoms with van der Waals surface area (Å²) in [5, 5.41) is 0. The van der Waals surface area contributed by atoms with Gasteiger partial charge in [-0.05, 0) is 36.8 Å². The number of carbonyl (C=O) groups is 1. The van der Waals surface area contributed by atoms with E-state index in [1.165, 1.54) is 23.3 Å². The Balaban J connectivity index is 1.67. The van der Waals surface area contributed by atoms with Crippen LogP contribution in [-0.2, 0) is 6.61 Å². The van der Waals surface area contributed by atoms with Crippen LogP contribution >= 0.6 is 0 Å². The van der Waals surface area contributed by atoms with Crippen molar-refractivity contribution in [1.82, 2.24) is 9.88 Å². The number of aromatic nitrogens is 1. The van der Waals surface area contributed by atoms with E-state index in [0.29, 0.717) is 5.75 Å². The van der Waals surface area contributed by atoms with Gasteiger partial charge in [-0.15, -0.1) is 0 Å². The fourth-order valence-electron chi connectivity index (χ4n) is 2.69. The fraction of sp³-hybridized carbons (Fsp3) is 0.238. The Kier molecular flexibility index (Phi) is 6.11. The second-order valence-electron chi connectivity index (χ2n) is 6.34. The highest BCUT2D eigenvalue weighted by Crippen LogP contribution is 2.24. The summed E-state index contributed by atoms with van der Waals surface area (Å²) in [5.41, 5.74) is 0.981. The smallest absolute Gasteiger partial charge is 0.276 e. The van der Waals surface area contributed by atoms with Gasteiger partial charge in [-0.2, -0.15) is 4.39 Å². The first-order valence-electron chi connectivity index (χ1n) is 8.83. The van der Waals surface area contributed by atoms with Gasteiger partial charge in [0.25, 0.3) is 5.91 Å². The topological polar surface area (TPSA) is 64.8 Å². The van der Waals surface area contributed by atoms with Gasteiger partial charge in [-0.1, -0.05) is 18.2 Å². The molecular weight excluding hydrogens is 382 g/mol.